The molecule has 1 fully saturated rings. The molecule has 0 aliphatic heterocycles. The van der Waals surface area contributed by atoms with Crippen LogP contribution in [-0.2, 0) is 11.8 Å². The molecule has 2 heterocycles. The predicted octanol–water partition coefficient (Wildman–Crippen LogP) is 3.38. The summed E-state index contributed by atoms with van der Waals surface area (Å²) in [5.41, 5.74) is 2.55. The number of carbonyl (C=O) groups excluding carboxylic acids is 2. The third kappa shape index (κ3) is 5.02. The van der Waals surface area contributed by atoms with Gasteiger partial charge in [0.05, 0.1) is 11.9 Å². The Balaban J connectivity index is 1.34. The number of benzene rings is 2. The van der Waals surface area contributed by atoms with Crippen molar-refractivity contribution in [3.63, 3.8) is 0 Å². The van der Waals surface area contributed by atoms with Crippen molar-refractivity contribution in [2.45, 2.75) is 38.1 Å². The van der Waals surface area contributed by atoms with Gasteiger partial charge in [0, 0.05) is 18.3 Å². The molecule has 5 rings (SSSR count). The van der Waals surface area contributed by atoms with Gasteiger partial charge in [-0.15, -0.1) is 15.3 Å². The summed E-state index contributed by atoms with van der Waals surface area (Å²) < 4.78 is 3.31. The van der Waals surface area contributed by atoms with E-state index in [0.29, 0.717) is 5.69 Å². The number of carbonyl (C=O) groups is 2. The third-order valence-corrected chi connectivity index (χ3v) is 6.60. The summed E-state index contributed by atoms with van der Waals surface area (Å²) in [6, 6.07) is 16.1. The second-order valence-electron chi connectivity index (χ2n) is 9.05. The van der Waals surface area contributed by atoms with Crippen LogP contribution in [0.2, 0.25) is 0 Å². The van der Waals surface area contributed by atoms with E-state index >= 15 is 0 Å². The molecule has 10 nitrogen and oxygen atoms in total. The van der Waals surface area contributed by atoms with Gasteiger partial charge in [0.15, 0.2) is 11.5 Å². The van der Waals surface area contributed by atoms with Gasteiger partial charge < -0.3 is 15.2 Å². The SMILES string of the molecule is Cn1cnnc1-c1ccc(NC(=O)[C@@H](NC(=O)c2cnnn2-c2ccccc2)C2CCCCC2)cc1. The van der Waals surface area contributed by atoms with Crippen LogP contribution >= 0.6 is 0 Å². The van der Waals surface area contributed by atoms with E-state index in [0.717, 1.165) is 49.2 Å². The van der Waals surface area contributed by atoms with Crippen LogP contribution in [0.3, 0.4) is 0 Å². The molecular weight excluding hydrogens is 456 g/mol. The lowest BCUT2D eigenvalue weighted by molar-refractivity contribution is -0.119. The van der Waals surface area contributed by atoms with Crippen molar-refractivity contribution in [1.29, 1.82) is 0 Å². The second-order valence-corrected chi connectivity index (χ2v) is 9.05. The van der Waals surface area contributed by atoms with Crippen molar-refractivity contribution in [3.05, 3.63) is 72.8 Å². The minimum absolute atomic E-state index is 0.0571. The van der Waals surface area contributed by atoms with E-state index in [1.54, 1.807) is 6.33 Å². The maximum absolute atomic E-state index is 13.4. The smallest absolute Gasteiger partial charge is 0.272 e. The molecule has 2 aromatic carbocycles. The summed E-state index contributed by atoms with van der Waals surface area (Å²) in [7, 11) is 1.88. The first kappa shape index (κ1) is 23.4. The fourth-order valence-electron chi connectivity index (χ4n) is 4.70. The first-order valence-electron chi connectivity index (χ1n) is 12.1. The third-order valence-electron chi connectivity index (χ3n) is 6.60. The van der Waals surface area contributed by atoms with Gasteiger partial charge in [0.2, 0.25) is 5.91 Å². The van der Waals surface area contributed by atoms with E-state index in [4.69, 9.17) is 0 Å². The molecule has 184 valence electrons. The van der Waals surface area contributed by atoms with Gasteiger partial charge in [-0.25, -0.2) is 4.68 Å². The number of para-hydroxylation sites is 1. The first-order chi connectivity index (χ1) is 17.6. The molecule has 0 radical (unpaired) electrons. The molecule has 0 spiro atoms. The van der Waals surface area contributed by atoms with Crippen molar-refractivity contribution in [1.82, 2.24) is 35.1 Å². The molecule has 10 heteroatoms. The zero-order valence-corrected chi connectivity index (χ0v) is 20.0. The van der Waals surface area contributed by atoms with E-state index in [2.05, 4.69) is 31.1 Å². The van der Waals surface area contributed by atoms with Crippen LogP contribution in [0.25, 0.3) is 17.1 Å². The Bertz CT molecular complexity index is 1320. The highest BCUT2D eigenvalue weighted by Gasteiger charge is 2.32. The Hall–Kier alpha value is -4.34. The monoisotopic (exact) mass is 484 g/mol. The fraction of sp³-hybridized carbons (Fsp3) is 0.308. The van der Waals surface area contributed by atoms with Crippen molar-refractivity contribution in [3.8, 4) is 17.1 Å². The molecule has 1 saturated carbocycles. The molecule has 1 aliphatic carbocycles. The minimum Gasteiger partial charge on any atom is -0.339 e. The number of rotatable bonds is 7. The van der Waals surface area contributed by atoms with Crippen LogP contribution in [0.4, 0.5) is 5.69 Å². The van der Waals surface area contributed by atoms with Crippen LogP contribution in [-0.4, -0.2) is 47.6 Å². The quantitative estimate of drug-likeness (QED) is 0.415. The van der Waals surface area contributed by atoms with Crippen molar-refractivity contribution in [2.24, 2.45) is 13.0 Å². The summed E-state index contributed by atoms with van der Waals surface area (Å²) in [4.78, 5) is 26.8. The van der Waals surface area contributed by atoms with Gasteiger partial charge in [0.1, 0.15) is 12.4 Å². The van der Waals surface area contributed by atoms with E-state index < -0.39 is 6.04 Å². The van der Waals surface area contributed by atoms with Gasteiger partial charge in [-0.1, -0.05) is 42.7 Å². The van der Waals surface area contributed by atoms with E-state index in [1.807, 2.05) is 66.2 Å². The zero-order chi connectivity index (χ0) is 24.9. The molecular formula is C26H28N8O2. The highest BCUT2D eigenvalue weighted by atomic mass is 16.2. The predicted molar refractivity (Wildman–Crippen MR) is 134 cm³/mol. The van der Waals surface area contributed by atoms with Gasteiger partial charge in [-0.3, -0.25) is 9.59 Å². The van der Waals surface area contributed by atoms with Crippen LogP contribution in [0.5, 0.6) is 0 Å². The normalized spacial score (nSPS) is 14.8. The average Bonchev–Trinajstić information content (AvgIpc) is 3.58. The number of amides is 2. The first-order valence-corrected chi connectivity index (χ1v) is 12.1. The maximum atomic E-state index is 13.4. The van der Waals surface area contributed by atoms with E-state index in [9.17, 15) is 9.59 Å². The van der Waals surface area contributed by atoms with E-state index in [1.165, 1.54) is 10.9 Å². The molecule has 2 N–H and O–H groups in total. The number of hydrogen-bond donors (Lipinski definition) is 2. The molecule has 1 atom stereocenters. The highest BCUT2D eigenvalue weighted by molar-refractivity contribution is 6.00. The summed E-state index contributed by atoms with van der Waals surface area (Å²) in [5, 5.41) is 22.0. The number of nitrogens with one attached hydrogen (secondary N) is 2. The second kappa shape index (κ2) is 10.5. The largest absolute Gasteiger partial charge is 0.339 e. The van der Waals surface area contributed by atoms with Gasteiger partial charge in [-0.05, 0) is 55.2 Å². The lowest BCUT2D eigenvalue weighted by atomic mass is 9.83. The number of anilines is 1. The number of nitrogens with zero attached hydrogens (tertiary/aromatic N) is 6. The summed E-state index contributed by atoms with van der Waals surface area (Å²) in [5.74, 6) is 0.179. The van der Waals surface area contributed by atoms with Crippen LogP contribution < -0.4 is 10.6 Å². The number of hydrogen-bond acceptors (Lipinski definition) is 6. The zero-order valence-electron chi connectivity index (χ0n) is 20.0. The molecule has 0 bridgehead atoms. The molecule has 36 heavy (non-hydrogen) atoms. The van der Waals surface area contributed by atoms with Gasteiger partial charge in [-0.2, -0.15) is 0 Å². The lowest BCUT2D eigenvalue weighted by Crippen LogP contribution is -2.49. The van der Waals surface area contributed by atoms with Crippen molar-refractivity contribution >= 4 is 17.5 Å². The summed E-state index contributed by atoms with van der Waals surface area (Å²) in [6.45, 7) is 0. The standard InChI is InChI=1S/C26H28N8O2/c1-33-17-28-31-24(33)19-12-14-20(15-13-19)29-26(36)23(18-8-4-2-5-9-18)30-25(35)22-16-27-32-34(22)21-10-6-3-7-11-21/h3,6-7,10-18,23H,2,4-5,8-9H2,1H3,(H,29,36)(H,30,35)/t23-/m0/s1. The summed E-state index contributed by atoms with van der Waals surface area (Å²) >= 11 is 0. The highest BCUT2D eigenvalue weighted by Crippen LogP contribution is 2.28. The Morgan fingerprint density at radius 1 is 0.972 bits per heavy atom. The van der Waals surface area contributed by atoms with Gasteiger partial charge >= 0.3 is 0 Å². The van der Waals surface area contributed by atoms with Crippen LogP contribution in [0.1, 0.15) is 42.6 Å². The molecule has 2 amide bonds. The minimum atomic E-state index is -0.671. The van der Waals surface area contributed by atoms with Crippen molar-refractivity contribution in [2.75, 3.05) is 5.32 Å². The molecule has 0 saturated heterocycles. The molecule has 4 aromatic rings. The van der Waals surface area contributed by atoms with Gasteiger partial charge in [0.25, 0.3) is 5.91 Å². The molecule has 2 aromatic heterocycles. The Kier molecular flexibility index (Phi) is 6.83. The molecule has 1 aliphatic rings. The maximum Gasteiger partial charge on any atom is 0.272 e. The molecule has 0 unspecified atom stereocenters. The van der Waals surface area contributed by atoms with Crippen LogP contribution in [0.15, 0.2) is 67.1 Å². The van der Waals surface area contributed by atoms with Crippen molar-refractivity contribution < 1.29 is 9.59 Å². The Labute approximate surface area is 208 Å². The summed E-state index contributed by atoms with van der Waals surface area (Å²) in [6.07, 6.45) is 8.07. The Morgan fingerprint density at radius 3 is 2.42 bits per heavy atom. The number of aromatic nitrogens is 6. The number of aryl methyl sites for hydroxylation is 1. The average molecular weight is 485 g/mol. The topological polar surface area (TPSA) is 120 Å². The van der Waals surface area contributed by atoms with E-state index in [-0.39, 0.29) is 23.4 Å². The Morgan fingerprint density at radius 2 is 1.72 bits per heavy atom. The van der Waals surface area contributed by atoms with Crippen LogP contribution in [0, 0.1) is 5.92 Å². The lowest BCUT2D eigenvalue weighted by Gasteiger charge is -2.30. The fourth-order valence-corrected chi connectivity index (χ4v) is 4.70.